The van der Waals surface area contributed by atoms with Gasteiger partial charge in [0.05, 0.1) is 17.4 Å². The van der Waals surface area contributed by atoms with E-state index in [9.17, 15) is 0 Å². The van der Waals surface area contributed by atoms with Gasteiger partial charge in [-0.2, -0.15) is 4.98 Å². The van der Waals surface area contributed by atoms with E-state index in [2.05, 4.69) is 28.0 Å². The molecule has 2 unspecified atom stereocenters. The van der Waals surface area contributed by atoms with Gasteiger partial charge in [0.2, 0.25) is 5.88 Å². The van der Waals surface area contributed by atoms with Crippen LogP contribution in [-0.4, -0.2) is 55.3 Å². The number of aromatic nitrogens is 1. The Hall–Kier alpha value is -2.80. The summed E-state index contributed by atoms with van der Waals surface area (Å²) >= 11 is 6.26. The second-order valence-electron chi connectivity index (χ2n) is 9.69. The Morgan fingerprint density at radius 3 is 2.78 bits per heavy atom. The molecule has 0 radical (unpaired) electrons. The van der Waals surface area contributed by atoms with Crippen molar-refractivity contribution in [3.05, 3.63) is 77.6 Å². The van der Waals surface area contributed by atoms with E-state index in [1.165, 1.54) is 0 Å². The van der Waals surface area contributed by atoms with Gasteiger partial charge < -0.3 is 18.8 Å². The number of halogens is 1. The van der Waals surface area contributed by atoms with Crippen LogP contribution < -0.4 is 9.64 Å². The van der Waals surface area contributed by atoms with Gasteiger partial charge in [-0.1, -0.05) is 48.0 Å². The maximum Gasteiger partial charge on any atom is 0.215 e. The predicted octanol–water partition coefficient (Wildman–Crippen LogP) is 5.72. The van der Waals surface area contributed by atoms with Crippen molar-refractivity contribution >= 4 is 28.4 Å². The Morgan fingerprint density at radius 2 is 1.94 bits per heavy atom. The number of allylic oxidation sites excluding steroid dienone is 3. The van der Waals surface area contributed by atoms with Crippen molar-refractivity contribution < 1.29 is 15.3 Å². The molecule has 6 rings (SSSR count). The monoisotopic (exact) mass is 506 g/mol. The summed E-state index contributed by atoms with van der Waals surface area (Å²) in [5.74, 6) is 1.10. The largest absolute Gasteiger partial charge is 0.473 e. The van der Waals surface area contributed by atoms with Crippen LogP contribution in [-0.2, 0) is 11.3 Å². The summed E-state index contributed by atoms with van der Waals surface area (Å²) in [4.78, 5) is 9.56. The molecule has 1 aromatic carbocycles. The number of anilines is 1. The van der Waals surface area contributed by atoms with Crippen molar-refractivity contribution in [2.24, 2.45) is 11.8 Å². The van der Waals surface area contributed by atoms with Gasteiger partial charge in [0.25, 0.3) is 0 Å². The van der Waals surface area contributed by atoms with Gasteiger partial charge in [-0.15, -0.1) is 0 Å². The quantitative estimate of drug-likeness (QED) is 0.389. The fourth-order valence-corrected chi connectivity index (χ4v) is 5.39. The van der Waals surface area contributed by atoms with Gasteiger partial charge in [0, 0.05) is 57.7 Å². The molecular weight excluding hydrogens is 474 g/mol. The third kappa shape index (κ3) is 5.17. The highest BCUT2D eigenvalue weighted by atomic mass is 35.5. The average molecular weight is 507 g/mol. The lowest BCUT2D eigenvalue weighted by molar-refractivity contribution is -0.0627. The number of benzene rings is 1. The summed E-state index contributed by atoms with van der Waals surface area (Å²) in [6, 6.07) is 11.6. The van der Waals surface area contributed by atoms with Crippen molar-refractivity contribution in [3.63, 3.8) is 0 Å². The number of furan rings is 1. The Kier molecular flexibility index (Phi) is 6.64. The van der Waals surface area contributed by atoms with E-state index >= 15 is 0 Å². The van der Waals surface area contributed by atoms with Crippen molar-refractivity contribution in [1.82, 2.24) is 9.88 Å². The molecule has 6 nitrogen and oxygen atoms in total. The molecule has 1 aliphatic carbocycles. The van der Waals surface area contributed by atoms with Gasteiger partial charge in [-0.25, -0.2) is 0 Å². The summed E-state index contributed by atoms with van der Waals surface area (Å²) in [7, 11) is 0. The Labute approximate surface area is 218 Å². The number of pyridine rings is 1. The minimum Gasteiger partial charge on any atom is -0.473 e. The lowest BCUT2D eigenvalue weighted by Crippen LogP contribution is -2.48. The van der Waals surface area contributed by atoms with Crippen LogP contribution in [0.1, 0.15) is 19.8 Å². The molecule has 0 N–H and O–H groups in total. The standard InChI is InChI=1S/C29H32ClN3O3/c30-26-9-8-23(29-25(26)11-17-35-29)20-36-28-7-3-6-27(31-28)33-14-12-32(13-15-33)19-22-5-2-1-4-21(22)18-24-10-16-34-24/h1-9,11,17,21-22,24H,10,12-16,18-20H2/t21-,22?,24?/m1/s1/i21D. The molecule has 0 amide bonds. The molecule has 0 saturated carbocycles. The molecular formula is C29H32ClN3O3. The van der Waals surface area contributed by atoms with Crippen LogP contribution in [0, 0.1) is 11.8 Å². The smallest absolute Gasteiger partial charge is 0.215 e. The molecule has 3 atom stereocenters. The summed E-state index contributed by atoms with van der Waals surface area (Å²) in [6.07, 6.45) is 12.1. The van der Waals surface area contributed by atoms with Crippen LogP contribution in [0.2, 0.25) is 5.02 Å². The second kappa shape index (κ2) is 10.7. The molecule has 2 aliphatic heterocycles. The minimum absolute atomic E-state index is 0.177. The first-order valence-electron chi connectivity index (χ1n) is 13.3. The minimum atomic E-state index is -0.588. The normalized spacial score (nSPS) is 26.7. The van der Waals surface area contributed by atoms with E-state index in [1.54, 1.807) is 6.26 Å². The number of hydrogen-bond donors (Lipinski definition) is 0. The zero-order valence-corrected chi connectivity index (χ0v) is 21.1. The van der Waals surface area contributed by atoms with Crippen LogP contribution in [0.4, 0.5) is 5.82 Å². The lowest BCUT2D eigenvalue weighted by Gasteiger charge is -2.39. The molecule has 0 bridgehead atoms. The van der Waals surface area contributed by atoms with Crippen molar-refractivity contribution in [1.29, 1.82) is 0 Å². The summed E-state index contributed by atoms with van der Waals surface area (Å²) < 4.78 is 26.4. The fraction of sp³-hybridized carbons (Fsp3) is 0.414. The van der Waals surface area contributed by atoms with Gasteiger partial charge >= 0.3 is 0 Å². The molecule has 0 spiro atoms. The van der Waals surface area contributed by atoms with Gasteiger partial charge in [-0.05, 0) is 42.9 Å². The molecule has 7 heteroatoms. The molecule has 3 aromatic rings. The topological polar surface area (TPSA) is 51.0 Å². The van der Waals surface area contributed by atoms with Crippen molar-refractivity contribution in [2.45, 2.75) is 25.6 Å². The van der Waals surface area contributed by atoms with E-state index in [4.69, 9.17) is 31.8 Å². The molecule has 2 fully saturated rings. The summed E-state index contributed by atoms with van der Waals surface area (Å²) in [5, 5.41) is 1.56. The van der Waals surface area contributed by atoms with E-state index in [1.807, 2.05) is 42.5 Å². The third-order valence-corrected chi connectivity index (χ3v) is 7.71. The Balaban J connectivity index is 1.04. The zero-order chi connectivity index (χ0) is 25.2. The third-order valence-electron chi connectivity index (χ3n) is 7.38. The molecule has 2 saturated heterocycles. The Bertz CT molecular complexity index is 1300. The first kappa shape index (κ1) is 22.4. The highest BCUT2D eigenvalue weighted by Crippen LogP contribution is 2.31. The molecule has 2 aromatic heterocycles. The number of rotatable bonds is 8. The average Bonchev–Trinajstić information content (AvgIpc) is 3.40. The maximum absolute atomic E-state index is 9.12. The van der Waals surface area contributed by atoms with Crippen LogP contribution >= 0.6 is 11.6 Å². The number of hydrogen-bond acceptors (Lipinski definition) is 6. The second-order valence-corrected chi connectivity index (χ2v) is 10.1. The molecule has 36 heavy (non-hydrogen) atoms. The molecule has 4 heterocycles. The number of piperazine rings is 1. The van der Waals surface area contributed by atoms with Crippen molar-refractivity contribution in [3.8, 4) is 5.88 Å². The Morgan fingerprint density at radius 1 is 1.08 bits per heavy atom. The lowest BCUT2D eigenvalue weighted by atomic mass is 9.82. The van der Waals surface area contributed by atoms with E-state index in [0.29, 0.717) is 17.5 Å². The predicted molar refractivity (Wildman–Crippen MR) is 143 cm³/mol. The maximum atomic E-state index is 9.12. The van der Waals surface area contributed by atoms with Gasteiger partial charge in [0.1, 0.15) is 18.0 Å². The van der Waals surface area contributed by atoms with Gasteiger partial charge in [-0.3, -0.25) is 4.90 Å². The highest BCUT2D eigenvalue weighted by molar-refractivity contribution is 6.35. The first-order chi connectivity index (χ1) is 18.1. The summed E-state index contributed by atoms with van der Waals surface area (Å²) in [5.41, 5.74) is 1.69. The van der Waals surface area contributed by atoms with Crippen LogP contribution in [0.3, 0.4) is 0 Å². The van der Waals surface area contributed by atoms with E-state index < -0.39 is 5.89 Å². The number of fused-ring (bicyclic) bond motifs is 1. The van der Waals surface area contributed by atoms with Crippen LogP contribution in [0.25, 0.3) is 11.0 Å². The summed E-state index contributed by atoms with van der Waals surface area (Å²) in [6.45, 7) is 5.75. The van der Waals surface area contributed by atoms with Crippen LogP contribution in [0.15, 0.2) is 71.4 Å². The van der Waals surface area contributed by atoms with Crippen LogP contribution in [0.5, 0.6) is 5.88 Å². The number of nitrogens with zero attached hydrogens (tertiary/aromatic N) is 3. The highest BCUT2D eigenvalue weighted by Gasteiger charge is 2.29. The van der Waals surface area contributed by atoms with E-state index in [0.717, 1.165) is 74.5 Å². The first-order valence-corrected chi connectivity index (χ1v) is 13.1. The fourth-order valence-electron chi connectivity index (χ4n) is 5.18. The van der Waals surface area contributed by atoms with E-state index in [-0.39, 0.29) is 12.0 Å². The zero-order valence-electron chi connectivity index (χ0n) is 21.3. The molecule has 188 valence electrons. The van der Waals surface area contributed by atoms with Crippen molar-refractivity contribution in [2.75, 3.05) is 44.2 Å². The SMILES string of the molecule is [2H][C@]1(CC2CCO2)C=CC=CC1CN1CCN(c2cccc(OCc3ccc(Cl)c4ccoc34)n2)CC1. The number of ether oxygens (including phenoxy) is 2. The molecule has 3 aliphatic rings. The van der Waals surface area contributed by atoms with Gasteiger partial charge in [0.15, 0.2) is 0 Å².